The molecule has 2 aromatic carbocycles. The first-order valence-electron chi connectivity index (χ1n) is 7.85. The summed E-state index contributed by atoms with van der Waals surface area (Å²) in [6, 6.07) is 17.3. The molecule has 1 aliphatic carbocycles. The van der Waals surface area contributed by atoms with Crippen LogP contribution in [0.15, 0.2) is 77.8 Å². The van der Waals surface area contributed by atoms with E-state index in [1.807, 2.05) is 7.05 Å². The summed E-state index contributed by atoms with van der Waals surface area (Å²) in [5, 5.41) is 5.66. The number of nitrogens with zero attached hydrogens (tertiary/aromatic N) is 1. The van der Waals surface area contributed by atoms with E-state index >= 15 is 0 Å². The number of benzene rings is 2. The minimum Gasteiger partial charge on any atom is -0.356 e. The molecule has 0 fully saturated rings. The van der Waals surface area contributed by atoms with E-state index in [2.05, 4.69) is 95.4 Å². The number of anilines is 2. The van der Waals surface area contributed by atoms with Crippen LogP contribution in [0.1, 0.15) is 5.56 Å². The van der Waals surface area contributed by atoms with Crippen LogP contribution in [0.25, 0.3) is 0 Å². The Balaban J connectivity index is 0.00000208. The van der Waals surface area contributed by atoms with Gasteiger partial charge >= 0.3 is 18.9 Å². The van der Waals surface area contributed by atoms with E-state index in [-0.39, 0.29) is 18.9 Å². The Hall–Kier alpha value is -2.05. The third-order valence-corrected chi connectivity index (χ3v) is 3.87. The number of quaternary nitrogens is 1. The van der Waals surface area contributed by atoms with Gasteiger partial charge in [-0.1, -0.05) is 17.7 Å². The van der Waals surface area contributed by atoms with Crippen LogP contribution < -0.4 is 29.5 Å². The zero-order valence-corrected chi connectivity index (χ0v) is 14.5. The van der Waals surface area contributed by atoms with Crippen molar-refractivity contribution in [3.05, 3.63) is 78.4 Å². The molecular formula is C20H22LiN3+2. The van der Waals surface area contributed by atoms with Gasteiger partial charge in [0.05, 0.1) is 5.71 Å². The largest absolute Gasteiger partial charge is 1.00 e. The molecule has 0 saturated carbocycles. The summed E-state index contributed by atoms with van der Waals surface area (Å²) in [5.41, 5.74) is 5.71. The fourth-order valence-corrected chi connectivity index (χ4v) is 2.50. The Labute approximate surface area is 155 Å². The average molecular weight is 311 g/mol. The van der Waals surface area contributed by atoms with Crippen LogP contribution in [0.3, 0.4) is 0 Å². The molecule has 0 aromatic heterocycles. The number of nitrogens with two attached hydrogens (primary N) is 1. The molecule has 0 bridgehead atoms. The number of rotatable bonds is 4. The zero-order chi connectivity index (χ0) is 16.1. The summed E-state index contributed by atoms with van der Waals surface area (Å²) in [4.78, 5) is 4.17. The molecule has 0 amide bonds. The van der Waals surface area contributed by atoms with Crippen molar-refractivity contribution in [2.45, 2.75) is 13.0 Å². The SMILES string of the molecule is CN=C1C=CC([NH2+]c2ccc(Nc3ccc(C)cc3)cc2)C=C1.[Li+]. The molecule has 3 N–H and O–H groups in total. The molecule has 4 heteroatoms. The molecule has 0 spiro atoms. The molecule has 0 heterocycles. The van der Waals surface area contributed by atoms with E-state index in [0.717, 1.165) is 17.1 Å². The van der Waals surface area contributed by atoms with E-state index in [0.29, 0.717) is 6.04 Å². The molecule has 3 nitrogen and oxygen atoms in total. The van der Waals surface area contributed by atoms with Crippen LogP contribution in [0.4, 0.5) is 17.1 Å². The first-order valence-corrected chi connectivity index (χ1v) is 7.85. The van der Waals surface area contributed by atoms with Gasteiger partial charge in [0.1, 0.15) is 11.7 Å². The maximum Gasteiger partial charge on any atom is 1.00 e. The molecule has 0 aliphatic heterocycles. The maximum absolute atomic E-state index is 4.17. The van der Waals surface area contributed by atoms with Crippen LogP contribution in [-0.4, -0.2) is 18.8 Å². The second-order valence-corrected chi connectivity index (χ2v) is 5.72. The summed E-state index contributed by atoms with van der Waals surface area (Å²) in [6.07, 6.45) is 8.46. The summed E-state index contributed by atoms with van der Waals surface area (Å²) in [7, 11) is 1.81. The molecular weight excluding hydrogens is 289 g/mol. The van der Waals surface area contributed by atoms with Crippen molar-refractivity contribution < 1.29 is 24.2 Å². The smallest absolute Gasteiger partial charge is 0.356 e. The number of aryl methyl sites for hydroxylation is 1. The van der Waals surface area contributed by atoms with Gasteiger partial charge in [0.2, 0.25) is 0 Å². The van der Waals surface area contributed by atoms with Crippen LogP contribution in [0.5, 0.6) is 0 Å². The van der Waals surface area contributed by atoms with E-state index < -0.39 is 0 Å². The third kappa shape index (κ3) is 4.97. The Kier molecular flexibility index (Phi) is 6.63. The van der Waals surface area contributed by atoms with E-state index in [1.54, 1.807) is 0 Å². The van der Waals surface area contributed by atoms with Crippen molar-refractivity contribution in [3.8, 4) is 0 Å². The molecule has 0 saturated heterocycles. The number of aliphatic imine (C=N–C) groups is 1. The molecule has 1 aliphatic rings. The summed E-state index contributed by atoms with van der Waals surface area (Å²) >= 11 is 0. The number of hydrogen-bond donors (Lipinski definition) is 2. The quantitative estimate of drug-likeness (QED) is 0.627. The Bertz CT molecular complexity index is 727. The van der Waals surface area contributed by atoms with Gasteiger partial charge in [-0.25, -0.2) is 0 Å². The minimum atomic E-state index is 0. The standard InChI is InChI=1S/C20H21N3.Li/c1-15-3-5-17(6-4-15)22-19-11-13-20(14-12-19)23-18-9-7-16(21-2)8-10-18;/h3-14,18,22-23H,1-2H3;/q;+1/p+1. The van der Waals surface area contributed by atoms with Gasteiger partial charge in [0, 0.05) is 30.6 Å². The van der Waals surface area contributed by atoms with Crippen LogP contribution in [0, 0.1) is 6.92 Å². The Morgan fingerprint density at radius 1 is 0.875 bits per heavy atom. The molecule has 2 aromatic rings. The van der Waals surface area contributed by atoms with Gasteiger partial charge in [-0.3, -0.25) is 4.99 Å². The van der Waals surface area contributed by atoms with Crippen LogP contribution in [-0.2, 0) is 0 Å². The summed E-state index contributed by atoms with van der Waals surface area (Å²) in [6.45, 7) is 2.10. The monoisotopic (exact) mass is 311 g/mol. The first kappa shape index (κ1) is 18.3. The minimum absolute atomic E-state index is 0. The molecule has 0 radical (unpaired) electrons. The van der Waals surface area contributed by atoms with Crippen molar-refractivity contribution in [3.63, 3.8) is 0 Å². The molecule has 0 unspecified atom stereocenters. The fraction of sp³-hybridized carbons (Fsp3) is 0.150. The Morgan fingerprint density at radius 2 is 1.42 bits per heavy atom. The average Bonchev–Trinajstić information content (AvgIpc) is 2.59. The van der Waals surface area contributed by atoms with E-state index in [4.69, 9.17) is 0 Å². The maximum atomic E-state index is 4.17. The second-order valence-electron chi connectivity index (χ2n) is 5.72. The van der Waals surface area contributed by atoms with Crippen LogP contribution >= 0.6 is 0 Å². The van der Waals surface area contributed by atoms with Crippen molar-refractivity contribution in [2.24, 2.45) is 4.99 Å². The van der Waals surface area contributed by atoms with Crippen molar-refractivity contribution in [2.75, 3.05) is 12.4 Å². The molecule has 24 heavy (non-hydrogen) atoms. The van der Waals surface area contributed by atoms with Crippen molar-refractivity contribution in [1.82, 2.24) is 0 Å². The molecule has 0 atom stereocenters. The van der Waals surface area contributed by atoms with Gasteiger partial charge in [0.25, 0.3) is 0 Å². The van der Waals surface area contributed by atoms with E-state index in [1.165, 1.54) is 11.3 Å². The second kappa shape index (κ2) is 8.70. The fourth-order valence-electron chi connectivity index (χ4n) is 2.50. The van der Waals surface area contributed by atoms with Gasteiger partial charge in [-0.15, -0.1) is 0 Å². The number of allylic oxidation sites excluding steroid dienone is 2. The van der Waals surface area contributed by atoms with Gasteiger partial charge < -0.3 is 10.6 Å². The normalized spacial score (nSPS) is 15.8. The number of hydrogen-bond acceptors (Lipinski definition) is 2. The topological polar surface area (TPSA) is 41.0 Å². The molecule has 3 rings (SSSR count). The van der Waals surface area contributed by atoms with Crippen molar-refractivity contribution in [1.29, 1.82) is 0 Å². The summed E-state index contributed by atoms with van der Waals surface area (Å²) in [5.74, 6) is 0. The first-order chi connectivity index (χ1) is 11.2. The van der Waals surface area contributed by atoms with Gasteiger partial charge in [-0.05, 0) is 55.5 Å². The van der Waals surface area contributed by atoms with Gasteiger partial charge in [-0.2, -0.15) is 0 Å². The van der Waals surface area contributed by atoms with Crippen molar-refractivity contribution >= 4 is 22.8 Å². The summed E-state index contributed by atoms with van der Waals surface area (Å²) < 4.78 is 0. The Morgan fingerprint density at radius 3 is 1.96 bits per heavy atom. The predicted octanol–water partition coefficient (Wildman–Crippen LogP) is 0.503. The van der Waals surface area contributed by atoms with Gasteiger partial charge in [0.15, 0.2) is 0 Å². The number of nitrogens with one attached hydrogen (secondary N) is 1. The zero-order valence-electron chi connectivity index (χ0n) is 14.5. The van der Waals surface area contributed by atoms with E-state index in [9.17, 15) is 0 Å². The predicted molar refractivity (Wildman–Crippen MR) is 97.9 cm³/mol. The van der Waals surface area contributed by atoms with Crippen LogP contribution in [0.2, 0.25) is 0 Å². The molecule has 116 valence electrons. The third-order valence-electron chi connectivity index (χ3n) is 3.87.